The minimum Gasteiger partial charge on any atom is -0.325 e. The number of aryl methyl sites for hydroxylation is 1. The van der Waals surface area contributed by atoms with Gasteiger partial charge in [-0.25, -0.2) is 13.4 Å². The number of thioether (sulfide) groups is 1. The van der Waals surface area contributed by atoms with Crippen molar-refractivity contribution in [3.05, 3.63) is 76.2 Å². The molecule has 3 rings (SSSR count). The van der Waals surface area contributed by atoms with Crippen molar-refractivity contribution in [2.24, 2.45) is 0 Å². The summed E-state index contributed by atoms with van der Waals surface area (Å²) in [6, 6.07) is 12.8. The van der Waals surface area contributed by atoms with E-state index in [4.69, 9.17) is 0 Å². The Bertz CT molecular complexity index is 1320. The average molecular weight is 472 g/mol. The van der Waals surface area contributed by atoms with Gasteiger partial charge in [0.15, 0.2) is 15.8 Å². The summed E-state index contributed by atoms with van der Waals surface area (Å²) in [6.07, 6.45) is 1.77. The van der Waals surface area contributed by atoms with Gasteiger partial charge in [0.1, 0.15) is 0 Å². The highest BCUT2D eigenvalue weighted by Crippen LogP contribution is 2.20. The maximum atomic E-state index is 12.8. The highest BCUT2D eigenvalue weighted by Gasteiger charge is 2.22. The molecule has 2 N–H and O–H groups in total. The van der Waals surface area contributed by atoms with E-state index in [0.717, 1.165) is 29.9 Å². The smallest absolute Gasteiger partial charge is 0.270 e. The second-order valence-corrected chi connectivity index (χ2v) is 9.74. The lowest BCUT2D eigenvalue weighted by atomic mass is 10.1. The molecule has 0 saturated carbocycles. The number of sulfone groups is 1. The van der Waals surface area contributed by atoms with Crippen molar-refractivity contribution in [2.45, 2.75) is 35.2 Å². The van der Waals surface area contributed by atoms with E-state index in [1.54, 1.807) is 36.4 Å². The molecule has 10 heteroatoms. The van der Waals surface area contributed by atoms with Gasteiger partial charge in [-0.15, -0.1) is 0 Å². The zero-order chi connectivity index (χ0) is 23.3. The van der Waals surface area contributed by atoms with Crippen LogP contribution in [0.1, 0.15) is 29.8 Å². The summed E-state index contributed by atoms with van der Waals surface area (Å²) in [5.74, 6) is -0.558. The maximum absolute atomic E-state index is 12.8. The summed E-state index contributed by atoms with van der Waals surface area (Å²) < 4.78 is 25.5. The molecule has 0 atom stereocenters. The number of amides is 1. The number of benzene rings is 2. The number of aromatic amines is 1. The molecule has 166 valence electrons. The van der Waals surface area contributed by atoms with Crippen molar-refractivity contribution in [3.63, 3.8) is 0 Å². The van der Waals surface area contributed by atoms with Crippen LogP contribution in [0.25, 0.3) is 0 Å². The molecule has 8 nitrogen and oxygen atoms in total. The number of nitrogens with one attached hydrogen (secondary N) is 2. The first-order valence-electron chi connectivity index (χ1n) is 9.67. The monoisotopic (exact) mass is 471 g/mol. The van der Waals surface area contributed by atoms with Gasteiger partial charge >= 0.3 is 0 Å². The molecule has 0 aliphatic rings. The van der Waals surface area contributed by atoms with Gasteiger partial charge in [-0.2, -0.15) is 0 Å². The predicted molar refractivity (Wildman–Crippen MR) is 122 cm³/mol. The van der Waals surface area contributed by atoms with E-state index >= 15 is 0 Å². The molecule has 0 saturated heterocycles. The van der Waals surface area contributed by atoms with E-state index in [1.807, 2.05) is 6.92 Å². The van der Waals surface area contributed by atoms with E-state index < -0.39 is 20.3 Å². The molecule has 0 bridgehead atoms. The lowest BCUT2D eigenvalue weighted by Crippen LogP contribution is -2.20. The number of carbonyl (C=O) groups excluding carboxylic acids is 2. The van der Waals surface area contributed by atoms with Crippen LogP contribution in [-0.4, -0.2) is 35.8 Å². The van der Waals surface area contributed by atoms with Gasteiger partial charge < -0.3 is 10.3 Å². The lowest BCUT2D eigenvalue weighted by Gasteiger charge is -2.07. The SMILES string of the molecule is CCc1ccc(S(=O)(=O)c2cnc(SCC(=O)Nc3cccc(C(C)=O)c3)[nH]c2=O)cc1. The molecule has 0 spiro atoms. The Morgan fingerprint density at radius 1 is 1.12 bits per heavy atom. The molecule has 2 aromatic carbocycles. The largest absolute Gasteiger partial charge is 0.325 e. The number of aromatic nitrogens is 2. The summed E-state index contributed by atoms with van der Waals surface area (Å²) in [7, 11) is -4.02. The molecule has 0 unspecified atom stereocenters. The van der Waals surface area contributed by atoms with Gasteiger partial charge in [0.05, 0.1) is 16.8 Å². The number of hydrogen-bond donors (Lipinski definition) is 2. The van der Waals surface area contributed by atoms with Crippen LogP contribution in [-0.2, 0) is 21.1 Å². The van der Waals surface area contributed by atoms with Crippen molar-refractivity contribution in [3.8, 4) is 0 Å². The van der Waals surface area contributed by atoms with Gasteiger partial charge in [-0.05, 0) is 43.2 Å². The first-order valence-corrected chi connectivity index (χ1v) is 12.1. The quantitative estimate of drug-likeness (QED) is 0.294. The minimum atomic E-state index is -4.02. The molecule has 32 heavy (non-hydrogen) atoms. The van der Waals surface area contributed by atoms with E-state index in [1.165, 1.54) is 19.1 Å². The van der Waals surface area contributed by atoms with Gasteiger partial charge in [0.2, 0.25) is 15.7 Å². The minimum absolute atomic E-state index is 0.00886. The predicted octanol–water partition coefficient (Wildman–Crippen LogP) is 3.10. The second kappa shape index (κ2) is 9.92. The fraction of sp³-hybridized carbons (Fsp3) is 0.182. The first-order chi connectivity index (χ1) is 15.2. The Morgan fingerprint density at radius 2 is 1.84 bits per heavy atom. The molecule has 0 fully saturated rings. The highest BCUT2D eigenvalue weighted by molar-refractivity contribution is 7.99. The van der Waals surface area contributed by atoms with Crippen molar-refractivity contribution in [1.29, 1.82) is 0 Å². The third-order valence-corrected chi connectivity index (χ3v) is 7.22. The van der Waals surface area contributed by atoms with Crippen LogP contribution in [0.15, 0.2) is 74.5 Å². The number of H-pyrrole nitrogens is 1. The number of nitrogens with zero attached hydrogens (tertiary/aromatic N) is 1. The van der Waals surface area contributed by atoms with Crippen molar-refractivity contribution >= 4 is 39.0 Å². The van der Waals surface area contributed by atoms with Crippen LogP contribution in [0.2, 0.25) is 0 Å². The van der Waals surface area contributed by atoms with Crippen LogP contribution in [0, 0.1) is 0 Å². The molecule has 1 aromatic heterocycles. The fourth-order valence-electron chi connectivity index (χ4n) is 2.81. The Hall–Kier alpha value is -3.24. The number of anilines is 1. The van der Waals surface area contributed by atoms with Crippen molar-refractivity contribution in [1.82, 2.24) is 9.97 Å². The van der Waals surface area contributed by atoms with Crippen LogP contribution in [0.4, 0.5) is 5.69 Å². The van der Waals surface area contributed by atoms with Gasteiger partial charge in [0, 0.05) is 11.3 Å². The third-order valence-electron chi connectivity index (χ3n) is 4.57. The molecule has 0 radical (unpaired) electrons. The number of carbonyl (C=O) groups is 2. The average Bonchev–Trinajstić information content (AvgIpc) is 2.77. The van der Waals surface area contributed by atoms with E-state index in [-0.39, 0.29) is 27.5 Å². The maximum Gasteiger partial charge on any atom is 0.270 e. The standard InChI is InChI=1S/C22H21N3O5S2/c1-3-15-7-9-18(10-8-15)32(29,30)19-12-23-22(25-21(19)28)31-13-20(27)24-17-6-4-5-16(11-17)14(2)26/h4-12H,3,13H2,1-2H3,(H,24,27)(H,23,25,28). The van der Waals surface area contributed by atoms with Crippen molar-refractivity contribution in [2.75, 3.05) is 11.1 Å². The second-order valence-electron chi connectivity index (χ2n) is 6.86. The molecular weight excluding hydrogens is 450 g/mol. The molecule has 0 aliphatic carbocycles. The van der Waals surface area contributed by atoms with Crippen LogP contribution >= 0.6 is 11.8 Å². The lowest BCUT2D eigenvalue weighted by molar-refractivity contribution is -0.113. The molecule has 0 aliphatic heterocycles. The Kier molecular flexibility index (Phi) is 7.26. The molecule has 1 amide bonds. The summed E-state index contributed by atoms with van der Waals surface area (Å²) in [5, 5.41) is 2.77. The zero-order valence-electron chi connectivity index (χ0n) is 17.4. The molecule has 3 aromatic rings. The van der Waals surface area contributed by atoms with Gasteiger partial charge in [0.25, 0.3) is 5.56 Å². The summed E-state index contributed by atoms with van der Waals surface area (Å²) in [5.41, 5.74) is 1.12. The van der Waals surface area contributed by atoms with Gasteiger partial charge in [-0.1, -0.05) is 43.0 Å². The first kappa shape index (κ1) is 23.4. The summed E-state index contributed by atoms with van der Waals surface area (Å²) >= 11 is 0.952. The Morgan fingerprint density at radius 3 is 2.47 bits per heavy atom. The summed E-state index contributed by atoms with van der Waals surface area (Å²) in [6.45, 7) is 3.39. The van der Waals surface area contributed by atoms with Gasteiger partial charge in [-0.3, -0.25) is 14.4 Å². The fourth-order valence-corrected chi connectivity index (χ4v) is 4.68. The number of Topliss-reactive ketones (excluding diaryl/α,β-unsaturated/α-hetero) is 1. The highest BCUT2D eigenvalue weighted by atomic mass is 32.2. The third kappa shape index (κ3) is 5.51. The zero-order valence-corrected chi connectivity index (χ0v) is 19.0. The van der Waals surface area contributed by atoms with E-state index in [9.17, 15) is 22.8 Å². The van der Waals surface area contributed by atoms with Crippen LogP contribution in [0.3, 0.4) is 0 Å². The number of hydrogen-bond acceptors (Lipinski definition) is 7. The Balaban J connectivity index is 1.68. The van der Waals surface area contributed by atoms with Crippen LogP contribution < -0.4 is 10.9 Å². The van der Waals surface area contributed by atoms with E-state index in [0.29, 0.717) is 11.3 Å². The normalized spacial score (nSPS) is 11.2. The molecule has 1 heterocycles. The van der Waals surface area contributed by atoms with Crippen molar-refractivity contribution < 1.29 is 18.0 Å². The molecular formula is C22H21N3O5S2. The number of ketones is 1. The van der Waals surface area contributed by atoms with Crippen LogP contribution in [0.5, 0.6) is 0 Å². The number of rotatable bonds is 8. The summed E-state index contributed by atoms with van der Waals surface area (Å²) in [4.78, 5) is 42.0. The topological polar surface area (TPSA) is 126 Å². The Labute approximate surface area is 189 Å². The van der Waals surface area contributed by atoms with E-state index in [2.05, 4.69) is 15.3 Å².